The summed E-state index contributed by atoms with van der Waals surface area (Å²) in [5.74, 6) is 0.693. The number of hydrogen-bond donors (Lipinski definition) is 2. The average Bonchev–Trinajstić information content (AvgIpc) is 2.42. The molecule has 1 saturated heterocycles. The first kappa shape index (κ1) is 13.1. The Balaban J connectivity index is 1.73. The first-order valence-electron chi connectivity index (χ1n) is 6.83. The number of benzene rings is 1. The molecule has 98 valence electrons. The molecule has 3 nitrogen and oxygen atoms in total. The van der Waals surface area contributed by atoms with Crippen molar-refractivity contribution in [3.8, 4) is 0 Å². The summed E-state index contributed by atoms with van der Waals surface area (Å²) >= 11 is 0. The van der Waals surface area contributed by atoms with Crippen LogP contribution in [0.1, 0.15) is 37.7 Å². The molecule has 0 saturated carbocycles. The topological polar surface area (TPSA) is 41.1 Å². The van der Waals surface area contributed by atoms with E-state index < -0.39 is 0 Å². The molecule has 2 atom stereocenters. The van der Waals surface area contributed by atoms with Gasteiger partial charge in [0, 0.05) is 6.54 Å². The van der Waals surface area contributed by atoms with Crippen LogP contribution in [0.3, 0.4) is 0 Å². The SMILES string of the molecule is CC(CCNC1CCCNC1=O)c1ccccc1. The lowest BCUT2D eigenvalue weighted by Crippen LogP contribution is -2.48. The van der Waals surface area contributed by atoms with Crippen molar-refractivity contribution >= 4 is 5.91 Å². The van der Waals surface area contributed by atoms with E-state index in [1.54, 1.807) is 0 Å². The lowest BCUT2D eigenvalue weighted by atomic mass is 9.97. The van der Waals surface area contributed by atoms with E-state index in [1.807, 2.05) is 6.07 Å². The predicted octanol–water partition coefficient (Wildman–Crippen LogP) is 2.05. The van der Waals surface area contributed by atoms with Gasteiger partial charge in [-0.2, -0.15) is 0 Å². The number of amides is 1. The average molecular weight is 246 g/mol. The normalized spacial score (nSPS) is 21.4. The van der Waals surface area contributed by atoms with Crippen LogP contribution in [-0.4, -0.2) is 25.0 Å². The molecule has 0 radical (unpaired) electrons. The molecule has 3 heteroatoms. The maximum atomic E-state index is 11.6. The van der Waals surface area contributed by atoms with Gasteiger partial charge in [-0.15, -0.1) is 0 Å². The van der Waals surface area contributed by atoms with Gasteiger partial charge in [-0.3, -0.25) is 4.79 Å². The maximum absolute atomic E-state index is 11.6. The molecule has 1 aromatic rings. The molecule has 2 rings (SSSR count). The van der Waals surface area contributed by atoms with Crippen LogP contribution in [-0.2, 0) is 4.79 Å². The number of carbonyl (C=O) groups excluding carboxylic acids is 1. The molecular formula is C15H22N2O. The Morgan fingerprint density at radius 3 is 2.89 bits per heavy atom. The highest BCUT2D eigenvalue weighted by Crippen LogP contribution is 2.17. The molecule has 18 heavy (non-hydrogen) atoms. The van der Waals surface area contributed by atoms with Gasteiger partial charge in [0.25, 0.3) is 0 Å². The fourth-order valence-corrected chi connectivity index (χ4v) is 2.39. The summed E-state index contributed by atoms with van der Waals surface area (Å²) in [7, 11) is 0. The molecule has 1 aromatic carbocycles. The number of piperidine rings is 1. The van der Waals surface area contributed by atoms with E-state index in [0.29, 0.717) is 5.92 Å². The van der Waals surface area contributed by atoms with Crippen molar-refractivity contribution in [1.29, 1.82) is 0 Å². The number of nitrogens with one attached hydrogen (secondary N) is 2. The minimum absolute atomic E-state index is 0.0155. The summed E-state index contributed by atoms with van der Waals surface area (Å²) in [5.41, 5.74) is 1.37. The highest BCUT2D eigenvalue weighted by Gasteiger charge is 2.20. The highest BCUT2D eigenvalue weighted by atomic mass is 16.2. The first-order valence-corrected chi connectivity index (χ1v) is 6.83. The Morgan fingerprint density at radius 1 is 1.39 bits per heavy atom. The lowest BCUT2D eigenvalue weighted by molar-refractivity contribution is -0.124. The van der Waals surface area contributed by atoms with Crippen molar-refractivity contribution in [3.63, 3.8) is 0 Å². The summed E-state index contributed by atoms with van der Waals surface area (Å²) in [6.45, 7) is 3.96. The third-order valence-corrected chi connectivity index (χ3v) is 3.62. The van der Waals surface area contributed by atoms with Gasteiger partial charge in [0.2, 0.25) is 5.91 Å². The Kier molecular flexibility index (Phi) is 4.76. The molecule has 2 N–H and O–H groups in total. The fourth-order valence-electron chi connectivity index (χ4n) is 2.39. The summed E-state index contributed by atoms with van der Waals surface area (Å²) in [4.78, 5) is 11.6. The van der Waals surface area contributed by atoms with E-state index in [4.69, 9.17) is 0 Å². The Morgan fingerprint density at radius 2 is 2.17 bits per heavy atom. The molecular weight excluding hydrogens is 224 g/mol. The molecule has 0 spiro atoms. The van der Waals surface area contributed by atoms with E-state index in [0.717, 1.165) is 32.4 Å². The smallest absolute Gasteiger partial charge is 0.237 e. The number of hydrogen-bond acceptors (Lipinski definition) is 2. The molecule has 1 heterocycles. The number of rotatable bonds is 5. The molecule has 1 aliphatic heterocycles. The molecule has 1 fully saturated rings. The quantitative estimate of drug-likeness (QED) is 0.835. The monoisotopic (exact) mass is 246 g/mol. The molecule has 1 amide bonds. The van der Waals surface area contributed by atoms with Crippen LogP contribution in [0.2, 0.25) is 0 Å². The second-order valence-corrected chi connectivity index (χ2v) is 5.04. The fraction of sp³-hybridized carbons (Fsp3) is 0.533. The zero-order chi connectivity index (χ0) is 12.8. The van der Waals surface area contributed by atoms with Crippen LogP contribution in [0.25, 0.3) is 0 Å². The van der Waals surface area contributed by atoms with Crippen LogP contribution in [0.4, 0.5) is 0 Å². The second-order valence-electron chi connectivity index (χ2n) is 5.04. The first-order chi connectivity index (χ1) is 8.77. The van der Waals surface area contributed by atoms with Gasteiger partial charge in [0.15, 0.2) is 0 Å². The summed E-state index contributed by atoms with van der Waals surface area (Å²) < 4.78 is 0. The third-order valence-electron chi connectivity index (χ3n) is 3.62. The molecule has 0 bridgehead atoms. The lowest BCUT2D eigenvalue weighted by Gasteiger charge is -2.23. The second kappa shape index (κ2) is 6.55. The van der Waals surface area contributed by atoms with Gasteiger partial charge >= 0.3 is 0 Å². The van der Waals surface area contributed by atoms with Gasteiger partial charge in [0.05, 0.1) is 6.04 Å². The van der Waals surface area contributed by atoms with Crippen molar-refractivity contribution in [2.24, 2.45) is 0 Å². The predicted molar refractivity (Wildman–Crippen MR) is 73.5 cm³/mol. The van der Waals surface area contributed by atoms with Crippen LogP contribution in [0.5, 0.6) is 0 Å². The van der Waals surface area contributed by atoms with Crippen molar-refractivity contribution in [1.82, 2.24) is 10.6 Å². The van der Waals surface area contributed by atoms with Crippen molar-refractivity contribution in [2.75, 3.05) is 13.1 Å². The van der Waals surface area contributed by atoms with Gasteiger partial charge in [0.1, 0.15) is 0 Å². The zero-order valence-electron chi connectivity index (χ0n) is 11.0. The van der Waals surface area contributed by atoms with Gasteiger partial charge in [-0.1, -0.05) is 37.3 Å². The molecule has 0 aliphatic carbocycles. The Hall–Kier alpha value is -1.35. The third kappa shape index (κ3) is 3.57. The zero-order valence-corrected chi connectivity index (χ0v) is 11.0. The van der Waals surface area contributed by atoms with Crippen molar-refractivity contribution in [2.45, 2.75) is 38.1 Å². The van der Waals surface area contributed by atoms with Gasteiger partial charge in [-0.25, -0.2) is 0 Å². The van der Waals surface area contributed by atoms with Gasteiger partial charge < -0.3 is 10.6 Å². The van der Waals surface area contributed by atoms with E-state index in [-0.39, 0.29) is 11.9 Å². The Labute approximate surface area is 109 Å². The van der Waals surface area contributed by atoms with E-state index in [2.05, 4.69) is 41.8 Å². The van der Waals surface area contributed by atoms with Crippen LogP contribution >= 0.6 is 0 Å². The summed E-state index contributed by atoms with van der Waals surface area (Å²) in [6, 6.07) is 10.5. The molecule has 2 unspecified atom stereocenters. The summed E-state index contributed by atoms with van der Waals surface area (Å²) in [5, 5.41) is 6.26. The van der Waals surface area contributed by atoms with E-state index >= 15 is 0 Å². The number of carbonyl (C=O) groups is 1. The summed E-state index contributed by atoms with van der Waals surface area (Å²) in [6.07, 6.45) is 3.11. The van der Waals surface area contributed by atoms with Gasteiger partial charge in [-0.05, 0) is 37.3 Å². The minimum Gasteiger partial charge on any atom is -0.355 e. The van der Waals surface area contributed by atoms with Crippen LogP contribution in [0.15, 0.2) is 30.3 Å². The van der Waals surface area contributed by atoms with Crippen molar-refractivity contribution in [3.05, 3.63) is 35.9 Å². The standard InChI is InChI=1S/C15H22N2O/c1-12(13-6-3-2-4-7-13)9-11-16-14-8-5-10-17-15(14)18/h2-4,6-7,12,14,16H,5,8-11H2,1H3,(H,17,18). The Bertz CT molecular complexity index is 377. The van der Waals surface area contributed by atoms with Crippen LogP contribution < -0.4 is 10.6 Å². The van der Waals surface area contributed by atoms with Crippen molar-refractivity contribution < 1.29 is 4.79 Å². The molecule has 1 aliphatic rings. The highest BCUT2D eigenvalue weighted by molar-refractivity contribution is 5.82. The van der Waals surface area contributed by atoms with Crippen LogP contribution in [0, 0.1) is 0 Å². The van der Waals surface area contributed by atoms with E-state index in [1.165, 1.54) is 5.56 Å². The largest absolute Gasteiger partial charge is 0.355 e. The van der Waals surface area contributed by atoms with E-state index in [9.17, 15) is 4.79 Å². The molecule has 0 aromatic heterocycles. The maximum Gasteiger partial charge on any atom is 0.237 e. The minimum atomic E-state index is 0.0155.